The topological polar surface area (TPSA) is 47.9 Å². The summed E-state index contributed by atoms with van der Waals surface area (Å²) in [5.41, 5.74) is 0. The number of aliphatic hydroxyl groups excluding tert-OH is 1. The van der Waals surface area contributed by atoms with Crippen molar-refractivity contribution in [1.29, 1.82) is 0 Å². The van der Waals surface area contributed by atoms with Crippen molar-refractivity contribution in [2.24, 2.45) is 5.92 Å². The lowest BCUT2D eigenvalue weighted by Crippen LogP contribution is -2.29. The molecule has 0 rings (SSSR count). The van der Waals surface area contributed by atoms with Gasteiger partial charge in [-0.3, -0.25) is 0 Å². The molecule has 0 heterocycles. The largest absolute Gasteiger partial charge is 0.394 e. The van der Waals surface area contributed by atoms with Crippen LogP contribution in [-0.4, -0.2) is 49.3 Å². The SMILES string of the molecule is CCCC(CC(C)C)OC(C)COC(C)COC(C)CO. The van der Waals surface area contributed by atoms with Crippen LogP contribution in [0, 0.1) is 5.92 Å². The summed E-state index contributed by atoms with van der Waals surface area (Å²) >= 11 is 0. The highest BCUT2D eigenvalue weighted by molar-refractivity contribution is 4.63. The van der Waals surface area contributed by atoms with E-state index in [-0.39, 0.29) is 24.9 Å². The zero-order valence-electron chi connectivity index (χ0n) is 14.8. The zero-order chi connectivity index (χ0) is 16.3. The maximum atomic E-state index is 8.90. The van der Waals surface area contributed by atoms with Crippen molar-refractivity contribution < 1.29 is 19.3 Å². The average Bonchev–Trinajstić information content (AvgIpc) is 2.42. The van der Waals surface area contributed by atoms with Crippen molar-refractivity contribution in [3.05, 3.63) is 0 Å². The number of aliphatic hydroxyl groups is 1. The maximum Gasteiger partial charge on any atom is 0.0784 e. The number of hydrogen-bond donors (Lipinski definition) is 1. The third kappa shape index (κ3) is 12.1. The highest BCUT2D eigenvalue weighted by Gasteiger charge is 2.15. The minimum absolute atomic E-state index is 0.0137. The van der Waals surface area contributed by atoms with E-state index in [1.165, 1.54) is 0 Å². The van der Waals surface area contributed by atoms with Gasteiger partial charge >= 0.3 is 0 Å². The van der Waals surface area contributed by atoms with E-state index in [2.05, 4.69) is 27.7 Å². The van der Waals surface area contributed by atoms with Gasteiger partial charge in [-0.05, 0) is 39.5 Å². The van der Waals surface area contributed by atoms with E-state index in [4.69, 9.17) is 19.3 Å². The van der Waals surface area contributed by atoms with Gasteiger partial charge in [-0.25, -0.2) is 0 Å². The molecule has 4 atom stereocenters. The molecule has 4 unspecified atom stereocenters. The lowest BCUT2D eigenvalue weighted by atomic mass is 10.0. The van der Waals surface area contributed by atoms with Gasteiger partial charge in [0, 0.05) is 0 Å². The molecule has 0 aliphatic heterocycles. The summed E-state index contributed by atoms with van der Waals surface area (Å²) in [6.07, 6.45) is 3.66. The van der Waals surface area contributed by atoms with Crippen LogP contribution in [0.1, 0.15) is 60.8 Å². The second-order valence-electron chi connectivity index (χ2n) is 6.46. The summed E-state index contributed by atoms with van der Waals surface area (Å²) in [5, 5.41) is 8.90. The molecule has 0 saturated carbocycles. The third-order valence-electron chi connectivity index (χ3n) is 3.26. The van der Waals surface area contributed by atoms with E-state index in [1.54, 1.807) is 0 Å². The molecule has 0 spiro atoms. The van der Waals surface area contributed by atoms with Gasteiger partial charge in [0.2, 0.25) is 0 Å². The molecule has 21 heavy (non-hydrogen) atoms. The van der Waals surface area contributed by atoms with Crippen LogP contribution in [0.2, 0.25) is 0 Å². The fourth-order valence-corrected chi connectivity index (χ4v) is 2.16. The van der Waals surface area contributed by atoms with E-state index in [1.807, 2.05) is 13.8 Å². The predicted octanol–water partition coefficient (Wildman–Crippen LogP) is 3.41. The molecular formula is C17H36O4. The van der Waals surface area contributed by atoms with Gasteiger partial charge in [-0.1, -0.05) is 27.2 Å². The first-order valence-corrected chi connectivity index (χ1v) is 8.38. The summed E-state index contributed by atoms with van der Waals surface area (Å²) in [6, 6.07) is 0. The van der Waals surface area contributed by atoms with Crippen molar-refractivity contribution in [3.8, 4) is 0 Å². The lowest BCUT2D eigenvalue weighted by molar-refractivity contribution is -0.0937. The maximum absolute atomic E-state index is 8.90. The number of hydrogen-bond acceptors (Lipinski definition) is 4. The number of rotatable bonds is 13. The molecule has 4 heteroatoms. The standard InChI is InChI=1S/C17H36O4/c1-7-8-17(9-13(2)3)21-16(6)12-20-15(5)11-19-14(4)10-18/h13-18H,7-12H2,1-6H3. The molecule has 0 saturated heterocycles. The average molecular weight is 304 g/mol. The van der Waals surface area contributed by atoms with E-state index in [0.29, 0.717) is 25.2 Å². The van der Waals surface area contributed by atoms with Gasteiger partial charge in [-0.2, -0.15) is 0 Å². The minimum Gasteiger partial charge on any atom is -0.394 e. The smallest absolute Gasteiger partial charge is 0.0784 e. The lowest BCUT2D eigenvalue weighted by Gasteiger charge is -2.25. The summed E-state index contributed by atoms with van der Waals surface area (Å²) < 4.78 is 17.3. The predicted molar refractivity (Wildman–Crippen MR) is 86.6 cm³/mol. The Hall–Kier alpha value is -0.160. The van der Waals surface area contributed by atoms with Crippen LogP contribution in [0.5, 0.6) is 0 Å². The van der Waals surface area contributed by atoms with Crippen molar-refractivity contribution in [3.63, 3.8) is 0 Å². The molecule has 0 aromatic rings. The highest BCUT2D eigenvalue weighted by atomic mass is 16.6. The van der Waals surface area contributed by atoms with Gasteiger partial charge in [0.05, 0.1) is 44.2 Å². The minimum atomic E-state index is -0.135. The van der Waals surface area contributed by atoms with Gasteiger partial charge in [0.15, 0.2) is 0 Å². The van der Waals surface area contributed by atoms with E-state index in [9.17, 15) is 0 Å². The fraction of sp³-hybridized carbons (Fsp3) is 1.00. The Morgan fingerprint density at radius 3 is 1.95 bits per heavy atom. The second kappa shape index (κ2) is 12.4. The van der Waals surface area contributed by atoms with Crippen LogP contribution in [0.3, 0.4) is 0 Å². The molecule has 0 aromatic heterocycles. The Bertz CT molecular complexity index is 233. The van der Waals surface area contributed by atoms with Gasteiger partial charge in [0.25, 0.3) is 0 Å². The Morgan fingerprint density at radius 1 is 0.857 bits per heavy atom. The van der Waals surface area contributed by atoms with E-state index in [0.717, 1.165) is 19.3 Å². The summed E-state index contributed by atoms with van der Waals surface area (Å²) in [7, 11) is 0. The van der Waals surface area contributed by atoms with Crippen LogP contribution in [0.15, 0.2) is 0 Å². The van der Waals surface area contributed by atoms with E-state index < -0.39 is 0 Å². The molecule has 0 aliphatic rings. The van der Waals surface area contributed by atoms with Gasteiger partial charge in [0.1, 0.15) is 0 Å². The normalized spacial score (nSPS) is 17.7. The first kappa shape index (κ1) is 20.8. The van der Waals surface area contributed by atoms with Crippen LogP contribution in [0.4, 0.5) is 0 Å². The Labute approximate surface area is 131 Å². The molecule has 0 aromatic carbocycles. The summed E-state index contributed by atoms with van der Waals surface area (Å²) in [5.74, 6) is 0.655. The molecule has 0 aliphatic carbocycles. The van der Waals surface area contributed by atoms with Crippen molar-refractivity contribution >= 4 is 0 Å². The van der Waals surface area contributed by atoms with Crippen molar-refractivity contribution in [2.75, 3.05) is 19.8 Å². The first-order valence-electron chi connectivity index (χ1n) is 8.38. The molecule has 1 N–H and O–H groups in total. The zero-order valence-corrected chi connectivity index (χ0v) is 14.8. The highest BCUT2D eigenvalue weighted by Crippen LogP contribution is 2.15. The van der Waals surface area contributed by atoms with Gasteiger partial charge in [-0.15, -0.1) is 0 Å². The Kier molecular flexibility index (Phi) is 12.3. The molecule has 0 radical (unpaired) electrons. The van der Waals surface area contributed by atoms with Crippen molar-refractivity contribution in [1.82, 2.24) is 0 Å². The van der Waals surface area contributed by atoms with E-state index >= 15 is 0 Å². The van der Waals surface area contributed by atoms with Crippen molar-refractivity contribution in [2.45, 2.75) is 85.2 Å². The van der Waals surface area contributed by atoms with Crippen LogP contribution >= 0.6 is 0 Å². The van der Waals surface area contributed by atoms with Crippen LogP contribution < -0.4 is 0 Å². The number of ether oxygens (including phenoxy) is 3. The summed E-state index contributed by atoms with van der Waals surface area (Å²) in [6.45, 7) is 13.7. The van der Waals surface area contributed by atoms with Gasteiger partial charge < -0.3 is 19.3 Å². The Balaban J connectivity index is 3.91. The molecule has 0 bridgehead atoms. The van der Waals surface area contributed by atoms with Crippen LogP contribution in [0.25, 0.3) is 0 Å². The quantitative estimate of drug-likeness (QED) is 0.566. The van der Waals surface area contributed by atoms with Crippen LogP contribution in [-0.2, 0) is 14.2 Å². The molecular weight excluding hydrogens is 268 g/mol. The molecule has 0 amide bonds. The second-order valence-corrected chi connectivity index (χ2v) is 6.46. The Morgan fingerprint density at radius 2 is 1.43 bits per heavy atom. The fourth-order valence-electron chi connectivity index (χ4n) is 2.16. The monoisotopic (exact) mass is 304 g/mol. The molecule has 128 valence electrons. The molecule has 4 nitrogen and oxygen atoms in total. The first-order chi connectivity index (χ1) is 9.88. The third-order valence-corrected chi connectivity index (χ3v) is 3.26. The summed E-state index contributed by atoms with van der Waals surface area (Å²) in [4.78, 5) is 0. The molecule has 0 fully saturated rings.